The highest BCUT2D eigenvalue weighted by atomic mass is 16.6. The van der Waals surface area contributed by atoms with E-state index >= 15 is 0 Å². The van der Waals surface area contributed by atoms with E-state index in [1.54, 1.807) is 0 Å². The molecule has 0 atom stereocenters. The van der Waals surface area contributed by atoms with Crippen LogP contribution in [0.5, 0.6) is 0 Å². The molecule has 0 aromatic heterocycles. The maximum Gasteiger partial charge on any atom is 0.372 e. The minimum Gasteiger partial charge on any atom is -0.481 e. The third kappa shape index (κ3) is 43.7. The molecule has 0 heterocycles. The Hall–Kier alpha value is -2.89. The fourth-order valence-electron chi connectivity index (χ4n) is 3.74. The van der Waals surface area contributed by atoms with E-state index in [0.29, 0.717) is 145 Å². The van der Waals surface area contributed by atoms with Crippen molar-refractivity contribution in [2.45, 2.75) is 38.5 Å². The van der Waals surface area contributed by atoms with Crippen molar-refractivity contribution in [3.8, 4) is 0 Å². The van der Waals surface area contributed by atoms with Crippen LogP contribution in [0.25, 0.3) is 0 Å². The number of ether oxygens (including phenoxy) is 13. The van der Waals surface area contributed by atoms with Crippen molar-refractivity contribution < 1.29 is 95.8 Å². The molecular weight excluding hydrogens is 740 g/mol. The van der Waals surface area contributed by atoms with Gasteiger partial charge in [-0.1, -0.05) is 0 Å². The molecule has 0 saturated carbocycles. The molecule has 2 N–H and O–H groups in total. The number of carbonyl (C=O) groups is 5. The van der Waals surface area contributed by atoms with E-state index in [-0.39, 0.29) is 51.7 Å². The highest BCUT2D eigenvalue weighted by Crippen LogP contribution is 2.01. The summed E-state index contributed by atoms with van der Waals surface area (Å²) in [4.78, 5) is 54.6. The van der Waals surface area contributed by atoms with Gasteiger partial charge in [0.2, 0.25) is 5.78 Å². The summed E-state index contributed by atoms with van der Waals surface area (Å²) in [6.07, 6.45) is 0.515. The monoisotopic (exact) mass is 802 g/mol. The van der Waals surface area contributed by atoms with E-state index in [0.717, 1.165) is 0 Å². The molecule has 0 aromatic carbocycles. The molecule has 0 saturated heterocycles. The zero-order chi connectivity index (χ0) is 40.3. The molecule has 0 amide bonds. The maximum atomic E-state index is 11.5. The van der Waals surface area contributed by atoms with Gasteiger partial charge >= 0.3 is 23.9 Å². The van der Waals surface area contributed by atoms with Crippen molar-refractivity contribution in [1.82, 2.24) is 0 Å². The van der Waals surface area contributed by atoms with Gasteiger partial charge in [-0.05, 0) is 12.8 Å². The second-order valence-corrected chi connectivity index (χ2v) is 11.0. The lowest BCUT2D eigenvalue weighted by molar-refractivity contribution is -0.151. The molecule has 0 aromatic rings. The molecule has 0 unspecified atom stereocenters. The Bertz CT molecular complexity index is 936. The number of hydrogen-bond donors (Lipinski definition) is 2. The van der Waals surface area contributed by atoms with Crippen LogP contribution in [0.3, 0.4) is 0 Å². The first-order chi connectivity index (χ1) is 26.8. The molecule has 55 heavy (non-hydrogen) atoms. The second kappa shape index (κ2) is 42.3. The predicted octanol–water partition coefficient (Wildman–Crippen LogP) is 0.334. The largest absolute Gasteiger partial charge is 0.481 e. The van der Waals surface area contributed by atoms with Gasteiger partial charge in [0.15, 0.2) is 0 Å². The molecule has 0 aliphatic rings. The summed E-state index contributed by atoms with van der Waals surface area (Å²) >= 11 is 0. The lowest BCUT2D eigenvalue weighted by Crippen LogP contribution is -2.17. The molecule has 322 valence electrons. The number of aliphatic carboxylic acids is 2. The number of Topliss-reactive ketones (excluding diaryl/α,β-unsaturated/α-hetero) is 1. The Morgan fingerprint density at radius 3 is 0.782 bits per heavy atom. The molecule has 0 fully saturated rings. The van der Waals surface area contributed by atoms with E-state index in [2.05, 4.69) is 0 Å². The third-order valence-corrected chi connectivity index (χ3v) is 6.52. The van der Waals surface area contributed by atoms with Gasteiger partial charge in [0.05, 0.1) is 152 Å². The number of unbranched alkanes of at least 4 members (excludes halogenated alkanes) is 1. The van der Waals surface area contributed by atoms with Crippen LogP contribution in [-0.2, 0) is 85.6 Å². The third-order valence-electron chi connectivity index (χ3n) is 6.52. The van der Waals surface area contributed by atoms with Gasteiger partial charge in [-0.25, -0.2) is 4.79 Å². The normalized spacial score (nSPS) is 11.1. The van der Waals surface area contributed by atoms with Crippen molar-refractivity contribution in [3.63, 3.8) is 0 Å². The smallest absolute Gasteiger partial charge is 0.372 e. The maximum absolute atomic E-state index is 11.5. The molecule has 0 spiro atoms. The van der Waals surface area contributed by atoms with Crippen molar-refractivity contribution in [2.75, 3.05) is 159 Å². The lowest BCUT2D eigenvalue weighted by atomic mass is 10.2. The fourth-order valence-corrected chi connectivity index (χ4v) is 3.74. The predicted molar refractivity (Wildman–Crippen MR) is 189 cm³/mol. The summed E-state index contributed by atoms with van der Waals surface area (Å²) < 4.78 is 69.3. The zero-order valence-electron chi connectivity index (χ0n) is 32.0. The molecule has 0 aliphatic heterocycles. The zero-order valence-corrected chi connectivity index (χ0v) is 32.0. The van der Waals surface area contributed by atoms with Crippen LogP contribution in [0.15, 0.2) is 0 Å². The first-order valence-corrected chi connectivity index (χ1v) is 18.5. The summed E-state index contributed by atoms with van der Waals surface area (Å²) in [6.45, 7) is 8.98. The number of esters is 2. The average molecular weight is 803 g/mol. The standard InChI is InChI=1S/C35H62O20/c36-31(35(41)42)5-6-34(40)55-30-28-53-26-24-51-22-20-49-18-16-47-14-12-45-10-8-43-7-9-44-11-13-46-15-17-48-19-21-50-23-25-52-27-29-54-33(39)4-2-1-3-32(37)38/h1-30H2,(H,37,38)(H,41,42). The molecule has 0 radical (unpaired) electrons. The second-order valence-electron chi connectivity index (χ2n) is 11.0. The molecule has 0 rings (SSSR count). The number of carboxylic acids is 2. The Balaban J connectivity index is 3.15. The van der Waals surface area contributed by atoms with Crippen LogP contribution < -0.4 is 0 Å². The number of rotatable bonds is 45. The van der Waals surface area contributed by atoms with E-state index in [1.807, 2.05) is 0 Å². The van der Waals surface area contributed by atoms with Crippen LogP contribution >= 0.6 is 0 Å². The highest BCUT2D eigenvalue weighted by Gasteiger charge is 2.14. The van der Waals surface area contributed by atoms with Gasteiger partial charge in [-0.15, -0.1) is 0 Å². The first-order valence-electron chi connectivity index (χ1n) is 18.5. The number of carboxylic acid groups (broad SMARTS) is 2. The van der Waals surface area contributed by atoms with Crippen LogP contribution in [-0.4, -0.2) is 198 Å². The Morgan fingerprint density at radius 1 is 0.291 bits per heavy atom. The Morgan fingerprint density at radius 2 is 0.527 bits per heavy atom. The highest BCUT2D eigenvalue weighted by molar-refractivity contribution is 6.32. The number of carbonyl (C=O) groups excluding carboxylic acids is 3. The topological polar surface area (TPSA) is 246 Å². The number of ketones is 1. The SMILES string of the molecule is O=C(O)CCCCC(=O)OCCOCCOCCOCCOCCOCCOCCOCCOCCOCCOCCOCCOC(=O)CCC(=O)C(=O)O. The van der Waals surface area contributed by atoms with Crippen LogP contribution in [0.4, 0.5) is 0 Å². The Labute approximate surface area is 322 Å². The molecule has 0 bridgehead atoms. The van der Waals surface area contributed by atoms with Crippen molar-refractivity contribution >= 4 is 29.7 Å². The van der Waals surface area contributed by atoms with Crippen LogP contribution in [0, 0.1) is 0 Å². The molecule has 0 aliphatic carbocycles. The van der Waals surface area contributed by atoms with Gasteiger partial charge in [0, 0.05) is 19.3 Å². The van der Waals surface area contributed by atoms with Crippen molar-refractivity contribution in [3.05, 3.63) is 0 Å². The quantitative estimate of drug-likeness (QED) is 0.0479. The fraction of sp³-hybridized carbons (Fsp3) is 0.857. The molecular formula is C35H62O20. The summed E-state index contributed by atoms with van der Waals surface area (Å²) in [5.41, 5.74) is 0. The molecule has 20 heteroatoms. The Kier molecular flexibility index (Phi) is 40.0. The van der Waals surface area contributed by atoms with E-state index in [4.69, 9.17) is 71.8 Å². The van der Waals surface area contributed by atoms with E-state index in [9.17, 15) is 24.0 Å². The van der Waals surface area contributed by atoms with Crippen molar-refractivity contribution in [1.29, 1.82) is 0 Å². The van der Waals surface area contributed by atoms with Crippen molar-refractivity contribution in [2.24, 2.45) is 0 Å². The van der Waals surface area contributed by atoms with Crippen LogP contribution in [0.1, 0.15) is 38.5 Å². The van der Waals surface area contributed by atoms with E-state index in [1.165, 1.54) is 0 Å². The lowest BCUT2D eigenvalue weighted by Gasteiger charge is -2.09. The van der Waals surface area contributed by atoms with Gasteiger partial charge in [0.1, 0.15) is 13.2 Å². The average Bonchev–Trinajstić information content (AvgIpc) is 3.16. The number of hydrogen-bond acceptors (Lipinski definition) is 18. The van der Waals surface area contributed by atoms with Gasteiger partial charge in [-0.2, -0.15) is 0 Å². The summed E-state index contributed by atoms with van der Waals surface area (Å²) in [6, 6.07) is 0. The van der Waals surface area contributed by atoms with Crippen LogP contribution in [0.2, 0.25) is 0 Å². The minimum atomic E-state index is -1.57. The van der Waals surface area contributed by atoms with Gasteiger partial charge < -0.3 is 71.8 Å². The molecule has 20 nitrogen and oxygen atoms in total. The first kappa shape index (κ1) is 52.1. The van der Waals surface area contributed by atoms with Gasteiger partial charge in [0.25, 0.3) is 0 Å². The summed E-state index contributed by atoms with van der Waals surface area (Å²) in [5, 5.41) is 17.0. The minimum absolute atomic E-state index is 0.00400. The summed E-state index contributed by atoms with van der Waals surface area (Å²) in [5.74, 6) is -4.49. The van der Waals surface area contributed by atoms with Gasteiger partial charge in [-0.3, -0.25) is 19.2 Å². The van der Waals surface area contributed by atoms with E-state index < -0.39 is 30.1 Å². The summed E-state index contributed by atoms with van der Waals surface area (Å²) in [7, 11) is 0.